The Morgan fingerprint density at radius 1 is 1.24 bits per heavy atom. The number of thiol groups is 1. The minimum absolute atomic E-state index is 0.209. The highest BCUT2D eigenvalue weighted by molar-refractivity contribution is 7.80. The Morgan fingerprint density at radius 2 is 2.00 bits per heavy atom. The van der Waals surface area contributed by atoms with Crippen molar-refractivity contribution in [1.82, 2.24) is 5.32 Å². The average Bonchev–Trinajstić information content (AvgIpc) is 2.76. The summed E-state index contributed by atoms with van der Waals surface area (Å²) in [4.78, 5) is 0. The van der Waals surface area contributed by atoms with Crippen molar-refractivity contribution in [2.24, 2.45) is 0 Å². The number of hydrogen-bond donors (Lipinski definition) is 2. The van der Waals surface area contributed by atoms with Crippen LogP contribution in [0.25, 0.3) is 0 Å². The summed E-state index contributed by atoms with van der Waals surface area (Å²) in [5.41, 5.74) is 4.81. The van der Waals surface area contributed by atoms with E-state index in [2.05, 4.69) is 50.0 Å². The van der Waals surface area contributed by atoms with Gasteiger partial charge >= 0.3 is 0 Å². The van der Waals surface area contributed by atoms with Crippen molar-refractivity contribution in [1.29, 1.82) is 0 Å². The average molecular weight is 249 g/mol. The normalized spacial score (nSPS) is 15.0. The fourth-order valence-corrected chi connectivity index (χ4v) is 2.73. The van der Waals surface area contributed by atoms with Gasteiger partial charge in [0, 0.05) is 24.3 Å². The molecule has 1 aliphatic carbocycles. The van der Waals surface area contributed by atoms with Crippen molar-refractivity contribution in [3.8, 4) is 0 Å². The van der Waals surface area contributed by atoms with E-state index in [-0.39, 0.29) is 5.41 Å². The molecule has 0 saturated heterocycles. The molecule has 1 nitrogen and oxygen atoms in total. The molecular weight excluding hydrogens is 226 g/mol. The largest absolute Gasteiger partial charge is 0.315 e. The van der Waals surface area contributed by atoms with Gasteiger partial charge in [-0.25, -0.2) is 0 Å². The van der Waals surface area contributed by atoms with Gasteiger partial charge in [0.1, 0.15) is 0 Å². The second-order valence-electron chi connectivity index (χ2n) is 5.62. The maximum Gasteiger partial charge on any atom is 0.00435 e. The first-order valence-electron chi connectivity index (χ1n) is 6.57. The van der Waals surface area contributed by atoms with Crippen LogP contribution < -0.4 is 5.32 Å². The van der Waals surface area contributed by atoms with Crippen LogP contribution in [0.3, 0.4) is 0 Å². The Bertz CT molecular complexity index is 385. The Balaban J connectivity index is 2.10. The van der Waals surface area contributed by atoms with E-state index in [4.69, 9.17) is 0 Å². The first kappa shape index (κ1) is 13.0. The number of benzene rings is 1. The van der Waals surface area contributed by atoms with Crippen LogP contribution in [0.2, 0.25) is 0 Å². The predicted octanol–water partition coefficient (Wildman–Crippen LogP) is 2.97. The minimum Gasteiger partial charge on any atom is -0.315 e. The third kappa shape index (κ3) is 3.05. The maximum absolute atomic E-state index is 4.23. The van der Waals surface area contributed by atoms with Gasteiger partial charge < -0.3 is 5.32 Å². The highest BCUT2D eigenvalue weighted by Crippen LogP contribution is 2.29. The lowest BCUT2D eigenvalue weighted by Gasteiger charge is -2.26. The molecule has 0 amide bonds. The van der Waals surface area contributed by atoms with Crippen LogP contribution in [0.15, 0.2) is 18.2 Å². The van der Waals surface area contributed by atoms with Crippen LogP contribution in [-0.2, 0) is 18.3 Å². The summed E-state index contributed by atoms with van der Waals surface area (Å²) in [6, 6.07) is 7.06. The molecule has 0 atom stereocenters. The van der Waals surface area contributed by atoms with Gasteiger partial charge in [-0.05, 0) is 36.0 Å². The van der Waals surface area contributed by atoms with Crippen LogP contribution in [0.1, 0.15) is 37.0 Å². The van der Waals surface area contributed by atoms with Crippen molar-refractivity contribution in [3.63, 3.8) is 0 Å². The molecule has 17 heavy (non-hydrogen) atoms. The Morgan fingerprint density at radius 3 is 2.76 bits per heavy atom. The highest BCUT2D eigenvalue weighted by Gasteiger charge is 2.22. The lowest BCUT2D eigenvalue weighted by atomic mass is 9.83. The molecular formula is C15H23NS. The molecule has 1 N–H and O–H groups in total. The van der Waals surface area contributed by atoms with E-state index in [1.54, 1.807) is 11.1 Å². The zero-order chi connectivity index (χ0) is 12.3. The Labute approximate surface area is 110 Å². The molecule has 2 heteroatoms. The highest BCUT2D eigenvalue weighted by atomic mass is 32.1. The Hall–Kier alpha value is -0.470. The SMILES string of the molecule is CC(C)(CNCCS)c1ccc2c(c1)CCC2. The molecule has 0 saturated carbocycles. The van der Waals surface area contributed by atoms with E-state index in [0.29, 0.717) is 0 Å². The Kier molecular flexibility index (Phi) is 4.16. The smallest absolute Gasteiger partial charge is 0.00435 e. The van der Waals surface area contributed by atoms with Crippen molar-refractivity contribution < 1.29 is 0 Å². The van der Waals surface area contributed by atoms with E-state index in [9.17, 15) is 0 Å². The summed E-state index contributed by atoms with van der Waals surface area (Å²) in [6.07, 6.45) is 3.87. The standard InChI is InChI=1S/C15H23NS/c1-15(2,11-16-8-9-17)14-7-6-12-4-3-5-13(12)10-14/h6-7,10,16-17H,3-5,8-9,11H2,1-2H3. The maximum atomic E-state index is 4.23. The van der Waals surface area contributed by atoms with Gasteiger partial charge in [0.15, 0.2) is 0 Å². The lowest BCUT2D eigenvalue weighted by Crippen LogP contribution is -2.34. The first-order chi connectivity index (χ1) is 8.13. The fraction of sp³-hybridized carbons (Fsp3) is 0.600. The predicted molar refractivity (Wildman–Crippen MR) is 78.2 cm³/mol. The number of hydrogen-bond acceptors (Lipinski definition) is 2. The molecule has 2 rings (SSSR count). The van der Waals surface area contributed by atoms with E-state index in [0.717, 1.165) is 18.8 Å². The van der Waals surface area contributed by atoms with Gasteiger partial charge in [0.25, 0.3) is 0 Å². The van der Waals surface area contributed by atoms with E-state index in [1.807, 2.05) is 0 Å². The van der Waals surface area contributed by atoms with Crippen molar-refractivity contribution in [2.45, 2.75) is 38.5 Å². The van der Waals surface area contributed by atoms with Crippen LogP contribution >= 0.6 is 12.6 Å². The zero-order valence-corrected chi connectivity index (χ0v) is 11.8. The first-order valence-corrected chi connectivity index (χ1v) is 7.20. The van der Waals surface area contributed by atoms with Gasteiger partial charge in [-0.3, -0.25) is 0 Å². The molecule has 0 unspecified atom stereocenters. The minimum atomic E-state index is 0.209. The van der Waals surface area contributed by atoms with Gasteiger partial charge in [-0.1, -0.05) is 32.0 Å². The third-order valence-corrected chi connectivity index (χ3v) is 3.96. The van der Waals surface area contributed by atoms with Gasteiger partial charge in [0.2, 0.25) is 0 Å². The van der Waals surface area contributed by atoms with Gasteiger partial charge in [-0.2, -0.15) is 12.6 Å². The zero-order valence-electron chi connectivity index (χ0n) is 10.9. The second-order valence-corrected chi connectivity index (χ2v) is 6.07. The lowest BCUT2D eigenvalue weighted by molar-refractivity contribution is 0.478. The molecule has 1 aliphatic rings. The summed E-state index contributed by atoms with van der Waals surface area (Å²) in [5.74, 6) is 0.903. The number of fused-ring (bicyclic) bond motifs is 1. The molecule has 1 aromatic carbocycles. The van der Waals surface area contributed by atoms with Crippen molar-refractivity contribution in [3.05, 3.63) is 34.9 Å². The number of aryl methyl sites for hydroxylation is 2. The number of nitrogens with one attached hydrogen (secondary N) is 1. The van der Waals surface area contributed by atoms with Gasteiger partial charge in [0.05, 0.1) is 0 Å². The molecule has 0 radical (unpaired) electrons. The molecule has 0 fully saturated rings. The molecule has 0 spiro atoms. The van der Waals surface area contributed by atoms with E-state index in [1.165, 1.54) is 24.8 Å². The molecule has 0 heterocycles. The van der Waals surface area contributed by atoms with Crippen LogP contribution in [0, 0.1) is 0 Å². The summed E-state index contributed by atoms with van der Waals surface area (Å²) < 4.78 is 0. The molecule has 1 aromatic rings. The summed E-state index contributed by atoms with van der Waals surface area (Å²) in [6.45, 7) is 6.63. The quantitative estimate of drug-likeness (QED) is 0.604. The van der Waals surface area contributed by atoms with Crippen LogP contribution in [0.4, 0.5) is 0 Å². The fourth-order valence-electron chi connectivity index (χ4n) is 2.57. The summed E-state index contributed by atoms with van der Waals surface area (Å²) in [7, 11) is 0. The topological polar surface area (TPSA) is 12.0 Å². The molecule has 0 bridgehead atoms. The molecule has 94 valence electrons. The van der Waals surface area contributed by atoms with Crippen LogP contribution in [0.5, 0.6) is 0 Å². The van der Waals surface area contributed by atoms with Crippen molar-refractivity contribution in [2.75, 3.05) is 18.8 Å². The second kappa shape index (κ2) is 5.45. The summed E-state index contributed by atoms with van der Waals surface area (Å²) in [5, 5.41) is 3.47. The molecule has 0 aromatic heterocycles. The summed E-state index contributed by atoms with van der Waals surface area (Å²) >= 11 is 4.23. The monoisotopic (exact) mass is 249 g/mol. The van der Waals surface area contributed by atoms with Gasteiger partial charge in [-0.15, -0.1) is 0 Å². The van der Waals surface area contributed by atoms with E-state index < -0.39 is 0 Å². The number of rotatable bonds is 5. The van der Waals surface area contributed by atoms with E-state index >= 15 is 0 Å². The van der Waals surface area contributed by atoms with Crippen molar-refractivity contribution >= 4 is 12.6 Å². The third-order valence-electron chi connectivity index (χ3n) is 3.74. The molecule has 0 aliphatic heterocycles. The van der Waals surface area contributed by atoms with Crippen LogP contribution in [-0.4, -0.2) is 18.8 Å².